The summed E-state index contributed by atoms with van der Waals surface area (Å²) in [5.74, 6) is 0.811. The third kappa shape index (κ3) is 7.54. The topological polar surface area (TPSA) is 69.2 Å². The summed E-state index contributed by atoms with van der Waals surface area (Å²) in [6.07, 6.45) is -0.248. The molecule has 1 rings (SSSR count). The first kappa shape index (κ1) is 19.5. The average Bonchev–Trinajstić information content (AvgIpc) is 2.39. The molecule has 1 fully saturated rings. The molecule has 0 aliphatic carbocycles. The lowest BCUT2D eigenvalue weighted by Gasteiger charge is -2.40. The first-order chi connectivity index (χ1) is 10.7. The van der Waals surface area contributed by atoms with Crippen molar-refractivity contribution in [1.29, 1.82) is 0 Å². The first-order valence-electron chi connectivity index (χ1n) is 8.46. The third-order valence-corrected chi connectivity index (χ3v) is 3.51. The number of guanidine groups is 1. The number of amides is 1. The maximum absolute atomic E-state index is 11.9. The number of hydrogen-bond donors (Lipinski definition) is 2. The summed E-state index contributed by atoms with van der Waals surface area (Å²) in [7, 11) is 2.08. The van der Waals surface area contributed by atoms with Gasteiger partial charge in [-0.15, -0.1) is 0 Å². The van der Waals surface area contributed by atoms with Crippen LogP contribution in [-0.4, -0.2) is 79.8 Å². The maximum Gasteiger partial charge on any atom is 0.410 e. The molecule has 0 radical (unpaired) electrons. The van der Waals surface area contributed by atoms with Crippen molar-refractivity contribution in [2.24, 2.45) is 4.99 Å². The van der Waals surface area contributed by atoms with Crippen LogP contribution in [-0.2, 0) is 4.74 Å². The Kier molecular flexibility index (Phi) is 7.61. The lowest BCUT2D eigenvalue weighted by molar-refractivity contribution is 0.00701. The van der Waals surface area contributed by atoms with Crippen LogP contribution in [0.5, 0.6) is 0 Å². The second-order valence-electron chi connectivity index (χ2n) is 6.88. The Labute approximate surface area is 140 Å². The zero-order chi connectivity index (χ0) is 17.5. The number of carbonyl (C=O) groups is 1. The number of hydrogen-bond acceptors (Lipinski definition) is 4. The van der Waals surface area contributed by atoms with Gasteiger partial charge in [0.2, 0.25) is 0 Å². The van der Waals surface area contributed by atoms with Gasteiger partial charge < -0.3 is 25.2 Å². The Morgan fingerprint density at radius 2 is 2.00 bits per heavy atom. The maximum atomic E-state index is 11.9. The fraction of sp³-hybridized carbons (Fsp3) is 0.875. The fourth-order valence-corrected chi connectivity index (χ4v) is 2.05. The first-order valence-corrected chi connectivity index (χ1v) is 8.46. The van der Waals surface area contributed by atoms with Crippen molar-refractivity contribution in [2.45, 2.75) is 46.3 Å². The Morgan fingerprint density at radius 1 is 1.35 bits per heavy atom. The molecule has 0 spiro atoms. The highest BCUT2D eigenvalue weighted by Gasteiger charge is 2.34. The van der Waals surface area contributed by atoms with E-state index in [2.05, 4.69) is 34.5 Å². The number of aliphatic imine (C=N–C) groups is 1. The van der Waals surface area contributed by atoms with Crippen LogP contribution >= 0.6 is 0 Å². The van der Waals surface area contributed by atoms with Gasteiger partial charge in [0, 0.05) is 26.2 Å². The summed E-state index contributed by atoms with van der Waals surface area (Å²) in [6.45, 7) is 14.6. The molecule has 0 atom stereocenters. The van der Waals surface area contributed by atoms with Crippen LogP contribution in [0.4, 0.5) is 4.79 Å². The number of likely N-dealkylation sites (N-methyl/N-ethyl adjacent to an activating group) is 1. The van der Waals surface area contributed by atoms with Crippen molar-refractivity contribution in [3.63, 3.8) is 0 Å². The van der Waals surface area contributed by atoms with Crippen molar-refractivity contribution in [1.82, 2.24) is 20.4 Å². The highest BCUT2D eigenvalue weighted by atomic mass is 16.6. The van der Waals surface area contributed by atoms with E-state index < -0.39 is 5.60 Å². The van der Waals surface area contributed by atoms with Crippen LogP contribution in [0.25, 0.3) is 0 Å². The quantitative estimate of drug-likeness (QED) is 0.565. The van der Waals surface area contributed by atoms with Crippen molar-refractivity contribution in [3.05, 3.63) is 0 Å². The van der Waals surface area contributed by atoms with E-state index >= 15 is 0 Å². The monoisotopic (exact) mass is 327 g/mol. The lowest BCUT2D eigenvalue weighted by atomic mass is 10.1. The number of nitrogens with one attached hydrogen (secondary N) is 2. The van der Waals surface area contributed by atoms with E-state index in [0.717, 1.165) is 32.1 Å². The van der Waals surface area contributed by atoms with Crippen molar-refractivity contribution >= 4 is 12.1 Å². The lowest BCUT2D eigenvalue weighted by Crippen LogP contribution is -2.63. The molecule has 0 aromatic carbocycles. The van der Waals surface area contributed by atoms with Crippen LogP contribution in [0.3, 0.4) is 0 Å². The van der Waals surface area contributed by atoms with Gasteiger partial charge >= 0.3 is 6.09 Å². The Bertz CT molecular complexity index is 400. The van der Waals surface area contributed by atoms with E-state index in [1.165, 1.54) is 0 Å². The summed E-state index contributed by atoms with van der Waals surface area (Å²) in [4.78, 5) is 20.4. The van der Waals surface area contributed by atoms with Crippen molar-refractivity contribution in [3.8, 4) is 0 Å². The highest BCUT2D eigenvalue weighted by Crippen LogP contribution is 2.15. The van der Waals surface area contributed by atoms with Crippen LogP contribution in [0.15, 0.2) is 4.99 Å². The fourth-order valence-electron chi connectivity index (χ4n) is 2.05. The highest BCUT2D eigenvalue weighted by molar-refractivity contribution is 5.80. The molecule has 2 N–H and O–H groups in total. The molecule has 23 heavy (non-hydrogen) atoms. The average molecular weight is 327 g/mol. The van der Waals surface area contributed by atoms with Gasteiger partial charge in [0.15, 0.2) is 5.96 Å². The molecule has 1 heterocycles. The number of ether oxygens (including phenoxy) is 1. The van der Waals surface area contributed by atoms with Crippen molar-refractivity contribution < 1.29 is 9.53 Å². The van der Waals surface area contributed by atoms with E-state index in [0.29, 0.717) is 13.1 Å². The van der Waals surface area contributed by atoms with Crippen LogP contribution in [0.2, 0.25) is 0 Å². The predicted octanol–water partition coefficient (Wildman–Crippen LogP) is 1.11. The minimum Gasteiger partial charge on any atom is -0.444 e. The molecule has 1 aliphatic heterocycles. The zero-order valence-electron chi connectivity index (χ0n) is 15.5. The molecule has 0 saturated carbocycles. The van der Waals surface area contributed by atoms with Gasteiger partial charge in [-0.25, -0.2) is 4.79 Å². The number of likely N-dealkylation sites (tertiary alicyclic amines) is 1. The summed E-state index contributed by atoms with van der Waals surface area (Å²) in [6, 6.07) is 0.226. The van der Waals surface area contributed by atoms with Gasteiger partial charge in [-0.2, -0.15) is 0 Å². The SMILES string of the molecule is CCNC(=NCCN(C)CC)NC1CN(C(=O)OC(C)(C)C)C1. The van der Waals surface area contributed by atoms with Crippen LogP contribution < -0.4 is 10.6 Å². The Balaban J connectivity index is 2.36. The minimum atomic E-state index is -0.447. The van der Waals surface area contributed by atoms with E-state index in [-0.39, 0.29) is 12.1 Å². The number of nitrogens with zero attached hydrogens (tertiary/aromatic N) is 3. The minimum absolute atomic E-state index is 0.226. The zero-order valence-corrected chi connectivity index (χ0v) is 15.5. The van der Waals surface area contributed by atoms with Gasteiger partial charge in [-0.05, 0) is 41.3 Å². The second-order valence-corrected chi connectivity index (χ2v) is 6.88. The molecule has 1 saturated heterocycles. The summed E-state index contributed by atoms with van der Waals surface area (Å²) < 4.78 is 5.35. The van der Waals surface area contributed by atoms with Gasteiger partial charge in [-0.1, -0.05) is 6.92 Å². The van der Waals surface area contributed by atoms with Crippen LogP contribution in [0.1, 0.15) is 34.6 Å². The molecule has 1 amide bonds. The molecule has 134 valence electrons. The third-order valence-electron chi connectivity index (χ3n) is 3.51. The molecule has 7 heteroatoms. The van der Waals surface area contributed by atoms with E-state index in [9.17, 15) is 4.79 Å². The largest absolute Gasteiger partial charge is 0.444 e. The molecule has 1 aliphatic rings. The summed E-state index contributed by atoms with van der Waals surface area (Å²) >= 11 is 0. The van der Waals surface area contributed by atoms with Gasteiger partial charge in [0.25, 0.3) is 0 Å². The Hall–Kier alpha value is -1.50. The molecule has 0 unspecified atom stereocenters. The normalized spacial score (nSPS) is 16.3. The molecule has 0 aromatic heterocycles. The predicted molar refractivity (Wildman–Crippen MR) is 93.9 cm³/mol. The van der Waals surface area contributed by atoms with Crippen molar-refractivity contribution in [2.75, 3.05) is 46.3 Å². The smallest absolute Gasteiger partial charge is 0.410 e. The molecular formula is C16H33N5O2. The van der Waals surface area contributed by atoms with E-state index in [1.54, 1.807) is 4.90 Å². The van der Waals surface area contributed by atoms with Gasteiger partial charge in [0.1, 0.15) is 5.60 Å². The number of carbonyl (C=O) groups excluding carboxylic acids is 1. The van der Waals surface area contributed by atoms with Gasteiger partial charge in [0.05, 0.1) is 12.6 Å². The standard InChI is InChI=1S/C16H33N5O2/c1-7-17-14(18-9-10-20(6)8-2)19-13-11-21(12-13)15(22)23-16(3,4)5/h13H,7-12H2,1-6H3,(H2,17,18,19). The summed E-state index contributed by atoms with van der Waals surface area (Å²) in [5.41, 5.74) is -0.447. The molecule has 0 aromatic rings. The molecule has 0 bridgehead atoms. The second kappa shape index (κ2) is 8.96. The van der Waals surface area contributed by atoms with Crippen LogP contribution in [0, 0.1) is 0 Å². The molecular weight excluding hydrogens is 294 g/mol. The van der Waals surface area contributed by atoms with E-state index in [4.69, 9.17) is 4.74 Å². The van der Waals surface area contributed by atoms with Gasteiger partial charge in [-0.3, -0.25) is 4.99 Å². The molecule has 7 nitrogen and oxygen atoms in total. The Morgan fingerprint density at radius 3 is 2.52 bits per heavy atom. The summed E-state index contributed by atoms with van der Waals surface area (Å²) in [5, 5.41) is 6.61. The number of rotatable bonds is 6. The van der Waals surface area contributed by atoms with E-state index in [1.807, 2.05) is 27.7 Å².